The summed E-state index contributed by atoms with van der Waals surface area (Å²) in [6.45, 7) is 1.66. The Morgan fingerprint density at radius 3 is 2.71 bits per heavy atom. The van der Waals surface area contributed by atoms with Crippen LogP contribution in [-0.2, 0) is 20.9 Å². The molecule has 0 radical (unpaired) electrons. The molecule has 1 aromatic rings. The zero-order valence-corrected chi connectivity index (χ0v) is 12.2. The summed E-state index contributed by atoms with van der Waals surface area (Å²) in [5, 5.41) is 2.84. The minimum Gasteiger partial charge on any atom is -0.462 e. The molecule has 1 fully saturated rings. The standard InChI is InChI=1S/C16H21NO4/c1-12(18)21-15-9-5-8-14(10-15)17-16(19)20-11-13-6-3-2-4-7-13/h2-4,6-7,14-15H,5,8-11H2,1H3,(H,17,19)/t14-,15+/m0/s1. The van der Waals surface area contributed by atoms with Crippen LogP contribution in [0.5, 0.6) is 0 Å². The molecule has 0 bridgehead atoms. The molecule has 5 nitrogen and oxygen atoms in total. The molecule has 1 aromatic carbocycles. The number of hydrogen-bond donors (Lipinski definition) is 1. The van der Waals surface area contributed by atoms with E-state index in [9.17, 15) is 9.59 Å². The van der Waals surface area contributed by atoms with Crippen LogP contribution < -0.4 is 5.32 Å². The van der Waals surface area contributed by atoms with Crippen molar-refractivity contribution in [3.63, 3.8) is 0 Å². The first-order chi connectivity index (χ1) is 10.1. The summed E-state index contributed by atoms with van der Waals surface area (Å²) >= 11 is 0. The lowest BCUT2D eigenvalue weighted by molar-refractivity contribution is -0.148. The summed E-state index contributed by atoms with van der Waals surface area (Å²) in [4.78, 5) is 22.7. The number of ether oxygens (including phenoxy) is 2. The number of hydrogen-bond acceptors (Lipinski definition) is 4. The van der Waals surface area contributed by atoms with Gasteiger partial charge in [-0.25, -0.2) is 4.79 Å². The van der Waals surface area contributed by atoms with E-state index in [0.717, 1.165) is 24.8 Å². The molecule has 1 aliphatic carbocycles. The van der Waals surface area contributed by atoms with Crippen molar-refractivity contribution >= 4 is 12.1 Å². The molecule has 1 N–H and O–H groups in total. The van der Waals surface area contributed by atoms with Gasteiger partial charge in [-0.2, -0.15) is 0 Å². The first-order valence-corrected chi connectivity index (χ1v) is 7.28. The molecular weight excluding hydrogens is 270 g/mol. The van der Waals surface area contributed by atoms with Crippen LogP contribution in [0.3, 0.4) is 0 Å². The van der Waals surface area contributed by atoms with E-state index in [0.29, 0.717) is 6.42 Å². The van der Waals surface area contributed by atoms with E-state index >= 15 is 0 Å². The maximum Gasteiger partial charge on any atom is 0.407 e. The monoisotopic (exact) mass is 291 g/mol. The van der Waals surface area contributed by atoms with Crippen molar-refractivity contribution in [1.82, 2.24) is 5.32 Å². The Morgan fingerprint density at radius 1 is 1.24 bits per heavy atom. The third-order valence-corrected chi connectivity index (χ3v) is 3.49. The fourth-order valence-electron chi connectivity index (χ4n) is 2.55. The predicted molar refractivity (Wildman–Crippen MR) is 77.6 cm³/mol. The predicted octanol–water partition coefficient (Wildman–Crippen LogP) is 2.79. The molecular formula is C16H21NO4. The van der Waals surface area contributed by atoms with Gasteiger partial charge in [0.2, 0.25) is 0 Å². The Kier molecular flexibility index (Phi) is 5.60. The molecule has 0 unspecified atom stereocenters. The molecule has 5 heteroatoms. The minimum atomic E-state index is -0.424. The smallest absolute Gasteiger partial charge is 0.407 e. The van der Waals surface area contributed by atoms with Crippen LogP contribution in [-0.4, -0.2) is 24.2 Å². The summed E-state index contributed by atoms with van der Waals surface area (Å²) in [6.07, 6.45) is 2.80. The fraction of sp³-hybridized carbons (Fsp3) is 0.500. The van der Waals surface area contributed by atoms with Gasteiger partial charge in [-0.1, -0.05) is 30.3 Å². The molecule has 21 heavy (non-hydrogen) atoms. The van der Waals surface area contributed by atoms with Crippen molar-refractivity contribution in [2.24, 2.45) is 0 Å². The highest BCUT2D eigenvalue weighted by Crippen LogP contribution is 2.21. The lowest BCUT2D eigenvalue weighted by Crippen LogP contribution is -2.41. The quantitative estimate of drug-likeness (QED) is 0.866. The molecule has 0 saturated heterocycles. The van der Waals surface area contributed by atoms with Crippen LogP contribution in [0.4, 0.5) is 4.79 Å². The van der Waals surface area contributed by atoms with Gasteiger partial charge in [0.15, 0.2) is 0 Å². The van der Waals surface area contributed by atoms with Gasteiger partial charge in [0.25, 0.3) is 0 Å². The molecule has 1 aliphatic rings. The van der Waals surface area contributed by atoms with E-state index in [1.807, 2.05) is 30.3 Å². The largest absolute Gasteiger partial charge is 0.462 e. The normalized spacial score (nSPS) is 21.4. The number of carbonyl (C=O) groups is 2. The van der Waals surface area contributed by atoms with Crippen LogP contribution in [0, 0.1) is 0 Å². The Hall–Kier alpha value is -2.04. The van der Waals surface area contributed by atoms with Crippen molar-refractivity contribution < 1.29 is 19.1 Å². The van der Waals surface area contributed by atoms with E-state index in [-0.39, 0.29) is 24.7 Å². The molecule has 0 aromatic heterocycles. The number of benzene rings is 1. The maximum atomic E-state index is 11.8. The van der Waals surface area contributed by atoms with Gasteiger partial charge < -0.3 is 14.8 Å². The molecule has 1 saturated carbocycles. The summed E-state index contributed by atoms with van der Waals surface area (Å²) in [7, 11) is 0. The summed E-state index contributed by atoms with van der Waals surface area (Å²) in [5.41, 5.74) is 0.953. The van der Waals surface area contributed by atoms with E-state index in [2.05, 4.69) is 5.32 Å². The average Bonchev–Trinajstić information content (AvgIpc) is 2.46. The molecule has 0 spiro atoms. The Balaban J connectivity index is 1.73. The van der Waals surface area contributed by atoms with Gasteiger partial charge in [0, 0.05) is 19.4 Å². The van der Waals surface area contributed by atoms with E-state index in [1.165, 1.54) is 6.92 Å². The Labute approximate surface area is 124 Å². The van der Waals surface area contributed by atoms with Crippen LogP contribution >= 0.6 is 0 Å². The second-order valence-electron chi connectivity index (χ2n) is 5.30. The molecule has 2 atom stereocenters. The van der Waals surface area contributed by atoms with Crippen LogP contribution in [0.15, 0.2) is 30.3 Å². The van der Waals surface area contributed by atoms with Crippen LogP contribution in [0.25, 0.3) is 0 Å². The minimum absolute atomic E-state index is 0.00590. The van der Waals surface area contributed by atoms with Crippen LogP contribution in [0.2, 0.25) is 0 Å². The molecule has 2 rings (SSSR count). The third kappa shape index (κ3) is 5.45. The van der Waals surface area contributed by atoms with Crippen molar-refractivity contribution in [3.8, 4) is 0 Å². The number of amides is 1. The van der Waals surface area contributed by atoms with Gasteiger partial charge in [-0.3, -0.25) is 4.79 Å². The Bertz CT molecular complexity index is 474. The van der Waals surface area contributed by atoms with Gasteiger partial charge >= 0.3 is 12.1 Å². The highest BCUT2D eigenvalue weighted by atomic mass is 16.6. The first kappa shape index (κ1) is 15.4. The van der Waals surface area contributed by atoms with E-state index in [1.54, 1.807) is 0 Å². The zero-order valence-electron chi connectivity index (χ0n) is 12.2. The number of nitrogens with one attached hydrogen (secondary N) is 1. The van der Waals surface area contributed by atoms with E-state index in [4.69, 9.17) is 9.47 Å². The average molecular weight is 291 g/mol. The lowest BCUT2D eigenvalue weighted by Gasteiger charge is -2.28. The molecule has 0 heterocycles. The van der Waals surface area contributed by atoms with Gasteiger partial charge in [-0.15, -0.1) is 0 Å². The molecule has 0 aliphatic heterocycles. The van der Waals surface area contributed by atoms with Gasteiger partial charge in [0.1, 0.15) is 12.7 Å². The first-order valence-electron chi connectivity index (χ1n) is 7.28. The number of esters is 1. The maximum absolute atomic E-state index is 11.8. The summed E-state index contributed by atoms with van der Waals surface area (Å²) in [6, 6.07) is 9.55. The van der Waals surface area contributed by atoms with Crippen molar-refractivity contribution in [2.45, 2.75) is 51.4 Å². The second-order valence-corrected chi connectivity index (χ2v) is 5.30. The van der Waals surface area contributed by atoms with Crippen LogP contribution in [0.1, 0.15) is 38.2 Å². The topological polar surface area (TPSA) is 64.6 Å². The number of alkyl carbamates (subject to hydrolysis) is 1. The summed E-state index contributed by atoms with van der Waals surface area (Å²) < 4.78 is 10.4. The van der Waals surface area contributed by atoms with Crippen molar-refractivity contribution in [2.75, 3.05) is 0 Å². The number of rotatable bonds is 4. The van der Waals surface area contributed by atoms with Gasteiger partial charge in [0.05, 0.1) is 0 Å². The van der Waals surface area contributed by atoms with Crippen molar-refractivity contribution in [3.05, 3.63) is 35.9 Å². The number of carbonyl (C=O) groups excluding carboxylic acids is 2. The Morgan fingerprint density at radius 2 is 2.00 bits per heavy atom. The lowest BCUT2D eigenvalue weighted by atomic mass is 9.93. The van der Waals surface area contributed by atoms with Crippen molar-refractivity contribution in [1.29, 1.82) is 0 Å². The third-order valence-electron chi connectivity index (χ3n) is 3.49. The van der Waals surface area contributed by atoms with Gasteiger partial charge in [-0.05, 0) is 24.8 Å². The summed E-state index contributed by atoms with van der Waals surface area (Å²) in [5.74, 6) is -0.271. The van der Waals surface area contributed by atoms with E-state index < -0.39 is 6.09 Å². The highest BCUT2D eigenvalue weighted by molar-refractivity contribution is 5.67. The second kappa shape index (κ2) is 7.67. The zero-order chi connectivity index (χ0) is 15.1. The highest BCUT2D eigenvalue weighted by Gasteiger charge is 2.25. The molecule has 114 valence electrons. The SMILES string of the molecule is CC(=O)O[C@@H]1CCC[C@H](NC(=O)OCc2ccccc2)C1. The fourth-order valence-corrected chi connectivity index (χ4v) is 2.55. The molecule has 1 amide bonds.